The molecule has 2 amide bonds. The molecule has 0 fully saturated rings. The van der Waals surface area contributed by atoms with Crippen LogP contribution in [0, 0.1) is 6.92 Å². The molecule has 0 aliphatic rings. The van der Waals surface area contributed by atoms with Crippen molar-refractivity contribution in [1.82, 2.24) is 19.6 Å². The molecule has 10 nitrogen and oxygen atoms in total. The van der Waals surface area contributed by atoms with Gasteiger partial charge < -0.3 is 10.1 Å². The predicted molar refractivity (Wildman–Crippen MR) is 126 cm³/mol. The predicted octanol–water partition coefficient (Wildman–Crippen LogP) is 3.58. The van der Waals surface area contributed by atoms with Gasteiger partial charge in [0.1, 0.15) is 5.65 Å². The summed E-state index contributed by atoms with van der Waals surface area (Å²) in [5.41, 5.74) is 2.93. The summed E-state index contributed by atoms with van der Waals surface area (Å²) in [7, 11) is 1.30. The van der Waals surface area contributed by atoms with E-state index in [0.29, 0.717) is 37.8 Å². The van der Waals surface area contributed by atoms with Crippen LogP contribution in [0.2, 0.25) is 0 Å². The van der Waals surface area contributed by atoms with Gasteiger partial charge in [0.25, 0.3) is 5.56 Å². The molecule has 168 valence electrons. The van der Waals surface area contributed by atoms with Crippen LogP contribution in [0.15, 0.2) is 57.8 Å². The average molecular weight is 483 g/mol. The lowest BCUT2D eigenvalue weighted by atomic mass is 10.2. The number of carbonyl (C=O) groups is 2. The summed E-state index contributed by atoms with van der Waals surface area (Å²) >= 11 is 2.58. The van der Waals surface area contributed by atoms with Gasteiger partial charge in [-0.3, -0.25) is 14.5 Å². The molecule has 1 aromatic carbocycles. The van der Waals surface area contributed by atoms with Gasteiger partial charge in [0.15, 0.2) is 4.34 Å². The Hall–Kier alpha value is -3.77. The fourth-order valence-electron chi connectivity index (χ4n) is 2.85. The molecular formula is C21H18N6O4S2. The van der Waals surface area contributed by atoms with E-state index in [2.05, 4.69) is 30.6 Å². The first-order chi connectivity index (χ1) is 15.9. The summed E-state index contributed by atoms with van der Waals surface area (Å²) in [6.07, 6.45) is 1.75. The van der Waals surface area contributed by atoms with Crippen molar-refractivity contribution in [3.05, 3.63) is 75.8 Å². The minimum Gasteiger partial charge on any atom is -0.465 e. The number of anilines is 2. The maximum atomic E-state index is 12.3. The van der Waals surface area contributed by atoms with Gasteiger partial charge in [0.05, 0.1) is 18.4 Å². The van der Waals surface area contributed by atoms with Crippen LogP contribution in [0.5, 0.6) is 0 Å². The zero-order valence-corrected chi connectivity index (χ0v) is 19.2. The van der Waals surface area contributed by atoms with Crippen molar-refractivity contribution >= 4 is 51.6 Å². The van der Waals surface area contributed by atoms with Gasteiger partial charge in [-0.2, -0.15) is 0 Å². The molecule has 4 aromatic rings. The number of aromatic nitrogens is 4. The molecule has 0 atom stereocenters. The number of carbonyl (C=O) groups excluding carboxylic acids is 2. The largest absolute Gasteiger partial charge is 0.465 e. The van der Waals surface area contributed by atoms with Crippen LogP contribution in [-0.4, -0.2) is 38.7 Å². The van der Waals surface area contributed by atoms with Gasteiger partial charge in [0.2, 0.25) is 5.13 Å². The maximum Gasteiger partial charge on any atom is 0.337 e. The summed E-state index contributed by atoms with van der Waals surface area (Å²) in [5, 5.41) is 13.6. The number of urea groups is 1. The normalized spacial score (nSPS) is 10.7. The van der Waals surface area contributed by atoms with Gasteiger partial charge in [-0.15, -0.1) is 10.2 Å². The number of benzene rings is 1. The Balaban J connectivity index is 1.34. The molecule has 0 aliphatic heterocycles. The van der Waals surface area contributed by atoms with Crippen molar-refractivity contribution in [2.45, 2.75) is 17.0 Å². The van der Waals surface area contributed by atoms with E-state index in [-0.39, 0.29) is 5.56 Å². The second kappa shape index (κ2) is 9.79. The quantitative estimate of drug-likeness (QED) is 0.243. The summed E-state index contributed by atoms with van der Waals surface area (Å²) in [6, 6.07) is 11.0. The first-order valence-electron chi connectivity index (χ1n) is 9.63. The third kappa shape index (κ3) is 5.54. The zero-order chi connectivity index (χ0) is 23.4. The van der Waals surface area contributed by atoms with Crippen molar-refractivity contribution in [2.24, 2.45) is 0 Å². The smallest absolute Gasteiger partial charge is 0.337 e. The van der Waals surface area contributed by atoms with E-state index in [1.807, 2.05) is 13.0 Å². The van der Waals surface area contributed by atoms with Crippen LogP contribution in [0.25, 0.3) is 5.65 Å². The molecule has 2 N–H and O–H groups in total. The van der Waals surface area contributed by atoms with E-state index < -0.39 is 12.0 Å². The van der Waals surface area contributed by atoms with Crippen LogP contribution in [-0.2, 0) is 10.5 Å². The number of hydrogen-bond acceptors (Lipinski definition) is 9. The summed E-state index contributed by atoms with van der Waals surface area (Å²) in [4.78, 5) is 40.5. The van der Waals surface area contributed by atoms with Gasteiger partial charge in [-0.1, -0.05) is 29.2 Å². The van der Waals surface area contributed by atoms with Crippen molar-refractivity contribution in [3.63, 3.8) is 0 Å². The Morgan fingerprint density at radius 3 is 2.67 bits per heavy atom. The Labute approximate surface area is 196 Å². The summed E-state index contributed by atoms with van der Waals surface area (Å²) < 4.78 is 6.78. The van der Waals surface area contributed by atoms with E-state index >= 15 is 0 Å². The fraction of sp³-hybridized carbons (Fsp3) is 0.143. The zero-order valence-electron chi connectivity index (χ0n) is 17.6. The van der Waals surface area contributed by atoms with Gasteiger partial charge >= 0.3 is 12.0 Å². The van der Waals surface area contributed by atoms with Crippen LogP contribution in [0.4, 0.5) is 15.6 Å². The number of fused-ring (bicyclic) bond motifs is 1. The van der Waals surface area contributed by atoms with E-state index in [9.17, 15) is 14.4 Å². The minimum atomic E-state index is -0.493. The maximum absolute atomic E-state index is 12.3. The second-order valence-corrected chi connectivity index (χ2v) is 9.03. The average Bonchev–Trinajstić information content (AvgIpc) is 3.25. The number of nitrogens with one attached hydrogen (secondary N) is 2. The summed E-state index contributed by atoms with van der Waals surface area (Å²) in [5.74, 6) is -0.0170. The number of nitrogens with zero attached hydrogens (tertiary/aromatic N) is 4. The van der Waals surface area contributed by atoms with E-state index in [4.69, 9.17) is 0 Å². The van der Waals surface area contributed by atoms with Crippen molar-refractivity contribution < 1.29 is 14.3 Å². The Kier molecular flexibility index (Phi) is 6.66. The third-order valence-corrected chi connectivity index (χ3v) is 6.40. The van der Waals surface area contributed by atoms with E-state index in [0.717, 1.165) is 5.56 Å². The van der Waals surface area contributed by atoms with Gasteiger partial charge in [-0.25, -0.2) is 14.6 Å². The molecule has 3 heterocycles. The molecule has 0 saturated carbocycles. The van der Waals surface area contributed by atoms with Crippen LogP contribution >= 0.6 is 23.1 Å². The lowest BCUT2D eigenvalue weighted by Crippen LogP contribution is -2.19. The standard InChI is InChI=1S/C21H18N6O4S2/c1-12-3-8-16-22-15(9-17(28)27(16)10-12)11-32-21-26-25-20(33-21)24-19(30)23-14-6-4-13(5-7-14)18(29)31-2/h3-10H,11H2,1-2H3,(H2,23,24,25,30). The second-order valence-electron chi connectivity index (χ2n) is 6.83. The third-order valence-electron chi connectivity index (χ3n) is 4.39. The minimum absolute atomic E-state index is 0.143. The van der Waals surface area contributed by atoms with E-state index in [1.54, 1.807) is 36.5 Å². The molecule has 0 spiro atoms. The summed E-state index contributed by atoms with van der Waals surface area (Å²) in [6.45, 7) is 1.91. The van der Waals surface area contributed by atoms with E-state index in [1.165, 1.54) is 40.7 Å². The number of esters is 1. The van der Waals surface area contributed by atoms with Crippen molar-refractivity contribution in [3.8, 4) is 0 Å². The lowest BCUT2D eigenvalue weighted by Gasteiger charge is -2.05. The number of thioether (sulfide) groups is 1. The molecule has 12 heteroatoms. The number of hydrogen-bond donors (Lipinski definition) is 2. The Morgan fingerprint density at radius 2 is 1.91 bits per heavy atom. The first-order valence-corrected chi connectivity index (χ1v) is 11.4. The lowest BCUT2D eigenvalue weighted by molar-refractivity contribution is 0.0600. The van der Waals surface area contributed by atoms with Crippen LogP contribution < -0.4 is 16.2 Å². The molecule has 4 rings (SSSR count). The first kappa shape index (κ1) is 22.4. The highest BCUT2D eigenvalue weighted by molar-refractivity contribution is 8.00. The molecule has 0 bridgehead atoms. The van der Waals surface area contributed by atoms with Crippen LogP contribution in [0.1, 0.15) is 21.6 Å². The monoisotopic (exact) mass is 482 g/mol. The topological polar surface area (TPSA) is 128 Å². The van der Waals surface area contributed by atoms with Gasteiger partial charge in [0, 0.05) is 23.7 Å². The van der Waals surface area contributed by atoms with Crippen molar-refractivity contribution in [1.29, 1.82) is 0 Å². The number of methoxy groups -OCH3 is 1. The highest BCUT2D eigenvalue weighted by Gasteiger charge is 2.11. The molecule has 3 aromatic heterocycles. The number of pyridine rings is 1. The Bertz CT molecular complexity index is 1380. The number of aryl methyl sites for hydroxylation is 1. The highest BCUT2D eigenvalue weighted by atomic mass is 32.2. The molecule has 0 unspecified atom stereocenters. The molecule has 0 radical (unpaired) electrons. The molecule has 0 saturated heterocycles. The Morgan fingerprint density at radius 1 is 1.12 bits per heavy atom. The highest BCUT2D eigenvalue weighted by Crippen LogP contribution is 2.28. The molecule has 33 heavy (non-hydrogen) atoms. The van der Waals surface area contributed by atoms with Crippen molar-refractivity contribution in [2.75, 3.05) is 17.7 Å². The molecule has 0 aliphatic carbocycles. The van der Waals surface area contributed by atoms with Crippen LogP contribution in [0.3, 0.4) is 0 Å². The van der Waals surface area contributed by atoms with Gasteiger partial charge in [-0.05, 0) is 42.8 Å². The number of rotatable bonds is 6. The SMILES string of the molecule is COC(=O)c1ccc(NC(=O)Nc2nnc(SCc3cc(=O)n4cc(C)ccc4n3)s2)cc1. The fourth-order valence-corrected chi connectivity index (χ4v) is 4.49. The number of ether oxygens (including phenoxy) is 1. The number of amides is 2. The molecular weight excluding hydrogens is 464 g/mol.